The second kappa shape index (κ2) is 10.5. The Labute approximate surface area is 230 Å². The largest absolute Gasteiger partial charge is 0.489 e. The van der Waals surface area contributed by atoms with Crippen LogP contribution in [0.1, 0.15) is 22.3 Å². The van der Waals surface area contributed by atoms with Gasteiger partial charge in [0.1, 0.15) is 12.4 Å². The lowest BCUT2D eigenvalue weighted by molar-refractivity contribution is -0.138. The van der Waals surface area contributed by atoms with Crippen LogP contribution in [0.15, 0.2) is 91.1 Å². The van der Waals surface area contributed by atoms with Crippen molar-refractivity contribution in [2.45, 2.75) is 25.9 Å². The number of alkyl halides is 6. The number of benzene rings is 4. The summed E-state index contributed by atoms with van der Waals surface area (Å²) in [5.41, 5.74) is 1.55. The number of nitrogens with zero attached hydrogens (tertiary/aromatic N) is 1. The van der Waals surface area contributed by atoms with E-state index in [9.17, 15) is 26.3 Å². The van der Waals surface area contributed by atoms with Crippen molar-refractivity contribution in [2.24, 2.45) is 0 Å². The van der Waals surface area contributed by atoms with E-state index in [0.717, 1.165) is 23.3 Å². The molecule has 0 radical (unpaired) electrons. The van der Waals surface area contributed by atoms with E-state index in [1.165, 1.54) is 24.4 Å². The third-order valence-corrected chi connectivity index (χ3v) is 6.99. The number of fused-ring (bicyclic) bond motifs is 1. The van der Waals surface area contributed by atoms with Gasteiger partial charge in [-0.25, -0.2) is 0 Å². The lowest BCUT2D eigenvalue weighted by atomic mass is 9.90. The Bertz CT molecular complexity index is 1710. The first-order chi connectivity index (χ1) is 18.9. The van der Waals surface area contributed by atoms with Crippen LogP contribution in [0.3, 0.4) is 0 Å². The second-order valence-corrected chi connectivity index (χ2v) is 9.53. The van der Waals surface area contributed by atoms with Crippen molar-refractivity contribution < 1.29 is 31.1 Å². The standard InChI is InChI=1S/C31H20ClF6NO/c1-18-7-2-3-11-22(18)24-16-39-29-23(12-6-14-26(29)31(36,37)38)27(24)19-8-4-10-21(15-19)40-17-20-9-5-13-25(28(20)32)30(33,34)35/h2-16H,17H2,1H3. The fourth-order valence-corrected chi connectivity index (χ4v) is 4.94. The average Bonchev–Trinajstić information content (AvgIpc) is 2.91. The van der Waals surface area contributed by atoms with Crippen LogP contribution >= 0.6 is 11.6 Å². The molecule has 9 heteroatoms. The zero-order valence-corrected chi connectivity index (χ0v) is 21.6. The monoisotopic (exact) mass is 571 g/mol. The molecule has 0 aliphatic rings. The first kappa shape index (κ1) is 27.5. The zero-order chi connectivity index (χ0) is 28.7. The summed E-state index contributed by atoms with van der Waals surface area (Å²) in [4.78, 5) is 4.23. The van der Waals surface area contributed by atoms with Crippen molar-refractivity contribution in [3.63, 3.8) is 0 Å². The van der Waals surface area contributed by atoms with Crippen LogP contribution in [-0.4, -0.2) is 4.98 Å². The maximum Gasteiger partial charge on any atom is 0.418 e. The van der Waals surface area contributed by atoms with Gasteiger partial charge in [-0.15, -0.1) is 0 Å². The molecule has 204 valence electrons. The third kappa shape index (κ3) is 5.36. The minimum absolute atomic E-state index is 0.145. The van der Waals surface area contributed by atoms with Crippen LogP contribution in [0, 0.1) is 6.92 Å². The summed E-state index contributed by atoms with van der Waals surface area (Å²) in [6, 6.07) is 21.6. The summed E-state index contributed by atoms with van der Waals surface area (Å²) < 4.78 is 87.2. The van der Waals surface area contributed by atoms with Crippen LogP contribution in [0.4, 0.5) is 26.3 Å². The quantitative estimate of drug-likeness (QED) is 0.196. The summed E-state index contributed by atoms with van der Waals surface area (Å²) in [5.74, 6) is 0.304. The lowest BCUT2D eigenvalue weighted by Gasteiger charge is -2.18. The van der Waals surface area contributed by atoms with E-state index in [2.05, 4.69) is 4.98 Å². The molecule has 0 atom stereocenters. The average molecular weight is 572 g/mol. The Balaban J connectivity index is 1.62. The molecule has 40 heavy (non-hydrogen) atoms. The van der Waals surface area contributed by atoms with Gasteiger partial charge in [0.15, 0.2) is 0 Å². The van der Waals surface area contributed by atoms with Crippen molar-refractivity contribution in [3.05, 3.63) is 118 Å². The van der Waals surface area contributed by atoms with E-state index < -0.39 is 28.5 Å². The van der Waals surface area contributed by atoms with Crippen molar-refractivity contribution in [2.75, 3.05) is 0 Å². The number of rotatable bonds is 5. The smallest absolute Gasteiger partial charge is 0.418 e. The molecule has 4 aromatic carbocycles. The Morgan fingerprint density at radius 3 is 2.15 bits per heavy atom. The van der Waals surface area contributed by atoms with E-state index in [1.54, 1.807) is 30.3 Å². The topological polar surface area (TPSA) is 22.1 Å². The Morgan fingerprint density at radius 2 is 1.43 bits per heavy atom. The predicted octanol–water partition coefficient (Wildman–Crippen LogP) is 10.1. The van der Waals surface area contributed by atoms with Gasteiger partial charge in [0.25, 0.3) is 0 Å². The molecule has 0 saturated carbocycles. The molecule has 0 amide bonds. The van der Waals surface area contributed by atoms with Gasteiger partial charge >= 0.3 is 12.4 Å². The maximum atomic E-state index is 13.9. The van der Waals surface area contributed by atoms with E-state index in [0.29, 0.717) is 27.8 Å². The highest BCUT2D eigenvalue weighted by atomic mass is 35.5. The van der Waals surface area contributed by atoms with E-state index in [4.69, 9.17) is 16.3 Å². The summed E-state index contributed by atoms with van der Waals surface area (Å²) in [6.45, 7) is 1.65. The van der Waals surface area contributed by atoms with Gasteiger partial charge in [0, 0.05) is 28.3 Å². The third-order valence-electron chi connectivity index (χ3n) is 6.54. The molecule has 0 aliphatic heterocycles. The van der Waals surface area contributed by atoms with E-state index >= 15 is 0 Å². The van der Waals surface area contributed by atoms with E-state index in [1.807, 2.05) is 31.2 Å². The fraction of sp³-hybridized carbons (Fsp3) is 0.129. The number of hydrogen-bond donors (Lipinski definition) is 0. The van der Waals surface area contributed by atoms with Crippen molar-refractivity contribution in [3.8, 4) is 28.0 Å². The number of halogens is 7. The molecule has 0 spiro atoms. The summed E-state index contributed by atoms with van der Waals surface area (Å²) in [6.07, 6.45) is -7.79. The number of ether oxygens (including phenoxy) is 1. The number of para-hydroxylation sites is 1. The van der Waals surface area contributed by atoms with Gasteiger partial charge in [0.05, 0.1) is 21.7 Å². The zero-order valence-electron chi connectivity index (χ0n) is 20.9. The lowest BCUT2D eigenvalue weighted by Crippen LogP contribution is -2.08. The van der Waals surface area contributed by atoms with Crippen molar-refractivity contribution >= 4 is 22.5 Å². The fourth-order valence-electron chi connectivity index (χ4n) is 4.65. The molecule has 0 fully saturated rings. The molecule has 2 nitrogen and oxygen atoms in total. The number of aromatic nitrogens is 1. The second-order valence-electron chi connectivity index (χ2n) is 9.15. The Kier molecular flexibility index (Phi) is 7.23. The highest BCUT2D eigenvalue weighted by molar-refractivity contribution is 6.32. The van der Waals surface area contributed by atoms with Crippen molar-refractivity contribution in [1.29, 1.82) is 0 Å². The Morgan fingerprint density at radius 1 is 0.750 bits per heavy atom. The minimum Gasteiger partial charge on any atom is -0.489 e. The maximum absolute atomic E-state index is 13.9. The first-order valence-corrected chi connectivity index (χ1v) is 12.5. The molecule has 1 aromatic heterocycles. The number of pyridine rings is 1. The minimum atomic E-state index is -4.61. The van der Waals surface area contributed by atoms with Gasteiger partial charge in [0.2, 0.25) is 0 Å². The SMILES string of the molecule is Cc1ccccc1-c1cnc2c(C(F)(F)F)cccc2c1-c1cccc(OCc2cccc(C(F)(F)F)c2Cl)c1. The Hall–Kier alpha value is -4.04. The first-order valence-electron chi connectivity index (χ1n) is 12.1. The van der Waals surface area contributed by atoms with Crippen LogP contribution in [0.2, 0.25) is 5.02 Å². The van der Waals surface area contributed by atoms with Crippen molar-refractivity contribution in [1.82, 2.24) is 4.98 Å². The highest BCUT2D eigenvalue weighted by Gasteiger charge is 2.35. The van der Waals surface area contributed by atoms with E-state index in [-0.39, 0.29) is 17.7 Å². The molecule has 0 unspecified atom stereocenters. The van der Waals surface area contributed by atoms with Crippen LogP contribution in [0.5, 0.6) is 5.75 Å². The molecule has 0 aliphatic carbocycles. The molecule has 5 aromatic rings. The van der Waals surface area contributed by atoms with Crippen LogP contribution in [0.25, 0.3) is 33.2 Å². The summed E-state index contributed by atoms with van der Waals surface area (Å²) in [5, 5.41) is -0.151. The number of aryl methyl sites for hydroxylation is 1. The van der Waals surface area contributed by atoms with Gasteiger partial charge in [-0.05, 0) is 47.9 Å². The molecule has 0 saturated heterocycles. The van der Waals surface area contributed by atoms with Crippen LogP contribution in [-0.2, 0) is 19.0 Å². The molecule has 5 rings (SSSR count). The molecular weight excluding hydrogens is 552 g/mol. The highest BCUT2D eigenvalue weighted by Crippen LogP contribution is 2.43. The molecule has 0 N–H and O–H groups in total. The van der Waals surface area contributed by atoms with Gasteiger partial charge < -0.3 is 4.74 Å². The van der Waals surface area contributed by atoms with Gasteiger partial charge in [-0.2, -0.15) is 26.3 Å². The summed E-state index contributed by atoms with van der Waals surface area (Å²) in [7, 11) is 0. The van der Waals surface area contributed by atoms with Crippen LogP contribution < -0.4 is 4.74 Å². The van der Waals surface area contributed by atoms with Gasteiger partial charge in [-0.1, -0.05) is 72.3 Å². The number of hydrogen-bond acceptors (Lipinski definition) is 2. The predicted molar refractivity (Wildman–Crippen MR) is 143 cm³/mol. The normalized spacial score (nSPS) is 12.1. The molecule has 1 heterocycles. The summed E-state index contributed by atoms with van der Waals surface area (Å²) >= 11 is 6.01. The van der Waals surface area contributed by atoms with Gasteiger partial charge in [-0.3, -0.25) is 4.98 Å². The molecule has 0 bridgehead atoms. The molecular formula is C31H20ClF6NO.